The Hall–Kier alpha value is -3.46. The number of ketones is 1. The van der Waals surface area contributed by atoms with E-state index in [0.29, 0.717) is 16.8 Å². The van der Waals surface area contributed by atoms with Crippen molar-refractivity contribution in [2.45, 2.75) is 12.8 Å². The van der Waals surface area contributed by atoms with Crippen LogP contribution in [0.25, 0.3) is 0 Å². The predicted octanol–water partition coefficient (Wildman–Crippen LogP) is 2.92. The van der Waals surface area contributed by atoms with Crippen LogP contribution in [0.1, 0.15) is 28.8 Å². The molecule has 136 valence electrons. The van der Waals surface area contributed by atoms with Gasteiger partial charge in [-0.25, -0.2) is 0 Å². The van der Waals surface area contributed by atoms with E-state index in [9.17, 15) is 19.6 Å². The summed E-state index contributed by atoms with van der Waals surface area (Å²) >= 11 is 0. The van der Waals surface area contributed by atoms with Crippen LogP contribution in [-0.2, 0) is 14.3 Å². The van der Waals surface area contributed by atoms with Crippen molar-refractivity contribution in [3.8, 4) is 6.07 Å². The number of para-hydroxylation sites is 1. The molecule has 0 aromatic heterocycles. The predicted molar refractivity (Wildman–Crippen MR) is 97.8 cm³/mol. The summed E-state index contributed by atoms with van der Waals surface area (Å²) in [4.78, 5) is 38.3. The summed E-state index contributed by atoms with van der Waals surface area (Å²) in [7, 11) is 0. The molecule has 0 saturated heterocycles. The lowest BCUT2D eigenvalue weighted by Gasteiger charge is -2.24. The van der Waals surface area contributed by atoms with E-state index in [0.717, 1.165) is 0 Å². The largest absolute Gasteiger partial charge is 0.465 e. The number of benzene rings is 2. The zero-order valence-electron chi connectivity index (χ0n) is 14.7. The highest BCUT2D eigenvalue weighted by molar-refractivity contribution is 6.10. The molecule has 3 atom stereocenters. The van der Waals surface area contributed by atoms with E-state index in [2.05, 4.69) is 5.32 Å². The standard InChI is InChI=1S/C21H18N2O4/c1-2-27-21(26)15(12-22)17(19(24)13-8-4-3-5-9-13)18-14-10-6-7-11-16(14)23-20(18)25/h3-11,15,17-18H,2H2,1H3,(H,23,25). The second kappa shape index (κ2) is 7.83. The lowest BCUT2D eigenvalue weighted by Crippen LogP contribution is -2.37. The van der Waals surface area contributed by atoms with Gasteiger partial charge in [-0.3, -0.25) is 14.4 Å². The minimum Gasteiger partial charge on any atom is -0.465 e. The molecule has 0 saturated carbocycles. The molecule has 2 aromatic rings. The number of esters is 1. The lowest BCUT2D eigenvalue weighted by molar-refractivity contribution is -0.147. The molecule has 6 heteroatoms. The lowest BCUT2D eigenvalue weighted by atomic mass is 9.74. The summed E-state index contributed by atoms with van der Waals surface area (Å²) in [5.41, 5.74) is 1.52. The molecule has 0 radical (unpaired) electrons. The van der Waals surface area contributed by atoms with E-state index in [1.54, 1.807) is 61.5 Å². The van der Waals surface area contributed by atoms with Gasteiger partial charge in [0.25, 0.3) is 0 Å². The fraction of sp³-hybridized carbons (Fsp3) is 0.238. The van der Waals surface area contributed by atoms with Crippen molar-refractivity contribution >= 4 is 23.3 Å². The van der Waals surface area contributed by atoms with Gasteiger partial charge in [0.05, 0.1) is 24.5 Å². The Morgan fingerprint density at radius 2 is 1.81 bits per heavy atom. The number of ether oxygens (including phenoxy) is 1. The number of hydrogen-bond donors (Lipinski definition) is 1. The van der Waals surface area contributed by atoms with Crippen LogP contribution in [0, 0.1) is 23.2 Å². The van der Waals surface area contributed by atoms with E-state index >= 15 is 0 Å². The first-order chi connectivity index (χ1) is 13.1. The average molecular weight is 362 g/mol. The number of nitriles is 1. The van der Waals surface area contributed by atoms with Crippen molar-refractivity contribution in [3.63, 3.8) is 0 Å². The Morgan fingerprint density at radius 1 is 1.15 bits per heavy atom. The van der Waals surface area contributed by atoms with E-state index in [1.165, 1.54) is 0 Å². The van der Waals surface area contributed by atoms with Gasteiger partial charge >= 0.3 is 5.97 Å². The first-order valence-corrected chi connectivity index (χ1v) is 8.63. The van der Waals surface area contributed by atoms with Gasteiger partial charge in [0.2, 0.25) is 5.91 Å². The van der Waals surface area contributed by atoms with Gasteiger partial charge in [-0.1, -0.05) is 48.5 Å². The van der Waals surface area contributed by atoms with Crippen molar-refractivity contribution in [3.05, 3.63) is 65.7 Å². The van der Waals surface area contributed by atoms with Gasteiger partial charge in [-0.05, 0) is 18.6 Å². The first-order valence-electron chi connectivity index (χ1n) is 8.63. The number of hydrogen-bond acceptors (Lipinski definition) is 5. The molecule has 0 spiro atoms. The van der Waals surface area contributed by atoms with E-state index < -0.39 is 35.4 Å². The van der Waals surface area contributed by atoms with E-state index in [1.807, 2.05) is 6.07 Å². The number of fused-ring (bicyclic) bond motifs is 1. The number of carbonyl (C=O) groups excluding carboxylic acids is 3. The van der Waals surface area contributed by atoms with Crippen molar-refractivity contribution in [1.29, 1.82) is 5.26 Å². The normalized spacial score (nSPS) is 17.2. The summed E-state index contributed by atoms with van der Waals surface area (Å²) in [6, 6.07) is 17.2. The number of anilines is 1. The fourth-order valence-corrected chi connectivity index (χ4v) is 3.39. The van der Waals surface area contributed by atoms with Crippen LogP contribution < -0.4 is 5.32 Å². The zero-order chi connectivity index (χ0) is 19.4. The smallest absolute Gasteiger partial charge is 0.324 e. The Kier molecular flexibility index (Phi) is 5.32. The van der Waals surface area contributed by atoms with Crippen LogP contribution in [0.5, 0.6) is 0 Å². The number of Topliss-reactive ketones (excluding diaryl/α,β-unsaturated/α-hetero) is 1. The molecular weight excluding hydrogens is 344 g/mol. The van der Waals surface area contributed by atoms with Gasteiger partial charge in [0.15, 0.2) is 11.7 Å². The molecule has 2 aromatic carbocycles. The van der Waals surface area contributed by atoms with Crippen LogP contribution in [0.2, 0.25) is 0 Å². The monoisotopic (exact) mass is 362 g/mol. The molecule has 3 unspecified atom stereocenters. The highest BCUT2D eigenvalue weighted by Gasteiger charge is 2.47. The first kappa shape index (κ1) is 18.3. The Bertz CT molecular complexity index is 917. The maximum absolute atomic E-state index is 13.3. The molecule has 0 aliphatic carbocycles. The molecule has 1 amide bonds. The zero-order valence-corrected chi connectivity index (χ0v) is 14.7. The third-order valence-corrected chi connectivity index (χ3v) is 4.60. The van der Waals surface area contributed by atoms with E-state index in [4.69, 9.17) is 4.74 Å². The molecule has 1 aliphatic heterocycles. The molecule has 6 nitrogen and oxygen atoms in total. The summed E-state index contributed by atoms with van der Waals surface area (Å²) in [5.74, 6) is -5.16. The quantitative estimate of drug-likeness (QED) is 0.629. The maximum atomic E-state index is 13.3. The third kappa shape index (κ3) is 3.44. The molecule has 27 heavy (non-hydrogen) atoms. The van der Waals surface area contributed by atoms with Crippen molar-refractivity contribution in [2.24, 2.45) is 11.8 Å². The highest BCUT2D eigenvalue weighted by Crippen LogP contribution is 2.41. The molecule has 1 heterocycles. The van der Waals surface area contributed by atoms with Gasteiger partial charge in [-0.15, -0.1) is 0 Å². The number of carbonyl (C=O) groups is 3. The molecule has 1 N–H and O–H groups in total. The summed E-state index contributed by atoms with van der Waals surface area (Å²) in [5, 5.41) is 12.4. The van der Waals surface area contributed by atoms with Gasteiger partial charge in [0, 0.05) is 11.3 Å². The minimum absolute atomic E-state index is 0.0801. The Labute approximate surface area is 156 Å². The Morgan fingerprint density at radius 3 is 2.48 bits per heavy atom. The van der Waals surface area contributed by atoms with Crippen LogP contribution >= 0.6 is 0 Å². The average Bonchev–Trinajstić information content (AvgIpc) is 3.02. The number of rotatable bonds is 6. The number of amides is 1. The van der Waals surface area contributed by atoms with Crippen molar-refractivity contribution in [1.82, 2.24) is 0 Å². The van der Waals surface area contributed by atoms with Crippen LogP contribution in [0.15, 0.2) is 54.6 Å². The summed E-state index contributed by atoms with van der Waals surface area (Å²) in [6.45, 7) is 1.70. The minimum atomic E-state index is -1.39. The fourth-order valence-electron chi connectivity index (χ4n) is 3.39. The molecule has 1 aliphatic rings. The number of nitrogens with one attached hydrogen (secondary N) is 1. The second-order valence-electron chi connectivity index (χ2n) is 6.17. The number of nitrogens with zero attached hydrogens (tertiary/aromatic N) is 1. The highest BCUT2D eigenvalue weighted by atomic mass is 16.5. The van der Waals surface area contributed by atoms with Crippen LogP contribution in [0.4, 0.5) is 5.69 Å². The second-order valence-corrected chi connectivity index (χ2v) is 6.17. The van der Waals surface area contributed by atoms with Gasteiger partial charge in [-0.2, -0.15) is 5.26 Å². The summed E-state index contributed by atoms with van der Waals surface area (Å²) in [6.07, 6.45) is 0. The molecule has 3 rings (SSSR count). The third-order valence-electron chi connectivity index (χ3n) is 4.60. The SMILES string of the molecule is CCOC(=O)C(C#N)C(C(=O)c1ccccc1)C1C(=O)Nc2ccccc21. The maximum Gasteiger partial charge on any atom is 0.324 e. The molecule has 0 fully saturated rings. The van der Waals surface area contributed by atoms with Gasteiger partial charge < -0.3 is 10.1 Å². The van der Waals surface area contributed by atoms with Crippen molar-refractivity contribution < 1.29 is 19.1 Å². The summed E-state index contributed by atoms with van der Waals surface area (Å²) < 4.78 is 5.00. The van der Waals surface area contributed by atoms with Gasteiger partial charge in [0.1, 0.15) is 0 Å². The van der Waals surface area contributed by atoms with Crippen molar-refractivity contribution in [2.75, 3.05) is 11.9 Å². The topological polar surface area (TPSA) is 96.3 Å². The van der Waals surface area contributed by atoms with Crippen LogP contribution in [0.3, 0.4) is 0 Å². The van der Waals surface area contributed by atoms with E-state index in [-0.39, 0.29) is 6.61 Å². The Balaban J connectivity index is 2.10. The van der Waals surface area contributed by atoms with Crippen LogP contribution in [-0.4, -0.2) is 24.3 Å². The molecule has 0 bridgehead atoms. The molecular formula is C21H18N2O4.